The van der Waals surface area contributed by atoms with Crippen molar-refractivity contribution in [1.29, 1.82) is 0 Å². The molecule has 0 N–H and O–H groups in total. The van der Waals surface area contributed by atoms with Crippen LogP contribution in [0.25, 0.3) is 11.4 Å². The minimum atomic E-state index is 0.724. The van der Waals surface area contributed by atoms with Crippen LogP contribution in [0.5, 0.6) is 0 Å². The molecule has 0 amide bonds. The molecule has 16 heavy (non-hydrogen) atoms. The fraction of sp³-hybridized carbons (Fsp3) is 0.333. The van der Waals surface area contributed by atoms with E-state index in [-0.39, 0.29) is 0 Å². The topological polar surface area (TPSA) is 30.7 Å². The Morgan fingerprint density at radius 2 is 2.00 bits per heavy atom. The SMILES string of the molecule is Cc1cccc(-c2nnc(CBr)n2C)c1C. The van der Waals surface area contributed by atoms with E-state index in [4.69, 9.17) is 0 Å². The summed E-state index contributed by atoms with van der Waals surface area (Å²) in [5.41, 5.74) is 3.70. The lowest BCUT2D eigenvalue weighted by Gasteiger charge is -2.08. The van der Waals surface area contributed by atoms with E-state index in [1.54, 1.807) is 0 Å². The number of halogens is 1. The third-order valence-corrected chi connectivity index (χ3v) is 3.43. The lowest BCUT2D eigenvalue weighted by atomic mass is 10.0. The van der Waals surface area contributed by atoms with Crippen molar-refractivity contribution in [1.82, 2.24) is 14.8 Å². The van der Waals surface area contributed by atoms with Crippen LogP contribution in [0.3, 0.4) is 0 Å². The fourth-order valence-electron chi connectivity index (χ4n) is 1.71. The Morgan fingerprint density at radius 3 is 2.62 bits per heavy atom. The van der Waals surface area contributed by atoms with Crippen molar-refractivity contribution in [3.63, 3.8) is 0 Å². The first-order valence-electron chi connectivity index (χ1n) is 5.16. The molecule has 0 aliphatic carbocycles. The van der Waals surface area contributed by atoms with Gasteiger partial charge in [0.1, 0.15) is 5.82 Å². The van der Waals surface area contributed by atoms with Crippen molar-refractivity contribution < 1.29 is 0 Å². The summed E-state index contributed by atoms with van der Waals surface area (Å²) >= 11 is 3.40. The van der Waals surface area contributed by atoms with Crippen molar-refractivity contribution >= 4 is 15.9 Å². The summed E-state index contributed by atoms with van der Waals surface area (Å²) in [6.45, 7) is 4.23. The van der Waals surface area contributed by atoms with E-state index in [9.17, 15) is 0 Å². The zero-order chi connectivity index (χ0) is 11.7. The van der Waals surface area contributed by atoms with Crippen molar-refractivity contribution in [3.8, 4) is 11.4 Å². The molecule has 0 aliphatic rings. The number of rotatable bonds is 2. The van der Waals surface area contributed by atoms with Crippen LogP contribution < -0.4 is 0 Å². The minimum Gasteiger partial charge on any atom is -0.313 e. The Hall–Kier alpha value is -1.16. The number of hydrogen-bond acceptors (Lipinski definition) is 2. The molecule has 1 heterocycles. The number of aromatic nitrogens is 3. The summed E-state index contributed by atoms with van der Waals surface area (Å²) in [5, 5.41) is 9.11. The maximum atomic E-state index is 4.24. The molecule has 0 unspecified atom stereocenters. The van der Waals surface area contributed by atoms with Gasteiger partial charge < -0.3 is 4.57 Å². The second-order valence-electron chi connectivity index (χ2n) is 3.88. The largest absolute Gasteiger partial charge is 0.313 e. The van der Waals surface area contributed by atoms with Crippen LogP contribution in [0.4, 0.5) is 0 Å². The third kappa shape index (κ3) is 1.78. The number of nitrogens with zero attached hydrogens (tertiary/aromatic N) is 3. The normalized spacial score (nSPS) is 10.8. The number of alkyl halides is 1. The second kappa shape index (κ2) is 4.37. The lowest BCUT2D eigenvalue weighted by Crippen LogP contribution is -1.98. The van der Waals surface area contributed by atoms with Crippen molar-refractivity contribution in [2.75, 3.05) is 0 Å². The molecule has 0 fully saturated rings. The Labute approximate surface area is 104 Å². The molecule has 0 saturated carbocycles. The van der Waals surface area contributed by atoms with Crippen molar-refractivity contribution in [2.24, 2.45) is 7.05 Å². The molecule has 1 aromatic heterocycles. The van der Waals surface area contributed by atoms with Crippen LogP contribution in [0.15, 0.2) is 18.2 Å². The van der Waals surface area contributed by atoms with Crippen LogP contribution in [0.2, 0.25) is 0 Å². The molecule has 84 valence electrons. The molecule has 0 atom stereocenters. The molecule has 0 aliphatic heterocycles. The van der Waals surface area contributed by atoms with E-state index in [0.717, 1.165) is 22.5 Å². The van der Waals surface area contributed by atoms with Crippen LogP contribution in [0.1, 0.15) is 17.0 Å². The van der Waals surface area contributed by atoms with Crippen LogP contribution >= 0.6 is 15.9 Å². The van der Waals surface area contributed by atoms with E-state index in [0.29, 0.717) is 0 Å². The molecule has 2 aromatic rings. The summed E-state index contributed by atoms with van der Waals surface area (Å²) in [6, 6.07) is 6.26. The van der Waals surface area contributed by atoms with E-state index in [2.05, 4.69) is 58.2 Å². The first-order valence-corrected chi connectivity index (χ1v) is 6.28. The highest BCUT2D eigenvalue weighted by molar-refractivity contribution is 9.08. The first kappa shape index (κ1) is 11.3. The smallest absolute Gasteiger partial charge is 0.163 e. The quantitative estimate of drug-likeness (QED) is 0.792. The molecule has 2 rings (SSSR count). The maximum Gasteiger partial charge on any atom is 0.163 e. The standard InChI is InChI=1S/C12H14BrN3/c1-8-5-4-6-10(9(8)2)12-15-14-11(7-13)16(12)3/h4-6H,7H2,1-3H3. The molecule has 1 aromatic carbocycles. The van der Waals surface area contributed by atoms with Crippen LogP contribution in [-0.2, 0) is 12.4 Å². The summed E-state index contributed by atoms with van der Waals surface area (Å²) in [5.74, 6) is 1.87. The predicted octanol–water partition coefficient (Wildman–Crippen LogP) is 2.99. The number of hydrogen-bond donors (Lipinski definition) is 0. The van der Waals surface area contributed by atoms with Crippen molar-refractivity contribution in [2.45, 2.75) is 19.2 Å². The maximum absolute atomic E-state index is 4.24. The summed E-state index contributed by atoms with van der Waals surface area (Å²) in [4.78, 5) is 0. The van der Waals surface area contributed by atoms with Crippen LogP contribution in [-0.4, -0.2) is 14.8 Å². The van der Waals surface area contributed by atoms with Crippen molar-refractivity contribution in [3.05, 3.63) is 35.2 Å². The average molecular weight is 280 g/mol. The van der Waals surface area contributed by atoms with Gasteiger partial charge in [-0.05, 0) is 25.0 Å². The Kier molecular flexibility index (Phi) is 3.10. The van der Waals surface area contributed by atoms with E-state index in [1.807, 2.05) is 11.6 Å². The molecule has 0 bridgehead atoms. The summed E-state index contributed by atoms with van der Waals surface area (Å²) in [7, 11) is 1.99. The molecule has 0 spiro atoms. The molecule has 3 nitrogen and oxygen atoms in total. The highest BCUT2D eigenvalue weighted by Crippen LogP contribution is 2.24. The van der Waals surface area contributed by atoms with Gasteiger partial charge in [0.15, 0.2) is 5.82 Å². The van der Waals surface area contributed by atoms with Gasteiger partial charge in [-0.2, -0.15) is 0 Å². The molecular weight excluding hydrogens is 266 g/mol. The van der Waals surface area contributed by atoms with Gasteiger partial charge in [-0.15, -0.1) is 10.2 Å². The Balaban J connectivity index is 2.59. The van der Waals surface area contributed by atoms with Gasteiger partial charge in [-0.3, -0.25) is 0 Å². The Morgan fingerprint density at radius 1 is 1.25 bits per heavy atom. The highest BCUT2D eigenvalue weighted by atomic mass is 79.9. The zero-order valence-electron chi connectivity index (χ0n) is 9.66. The van der Waals surface area contributed by atoms with Crippen LogP contribution in [0, 0.1) is 13.8 Å². The molecule has 4 heteroatoms. The van der Waals surface area contributed by atoms with E-state index >= 15 is 0 Å². The second-order valence-corrected chi connectivity index (χ2v) is 4.44. The van der Waals surface area contributed by atoms with Gasteiger partial charge in [-0.1, -0.05) is 34.1 Å². The van der Waals surface area contributed by atoms with Gasteiger partial charge in [0.2, 0.25) is 0 Å². The fourth-order valence-corrected chi connectivity index (χ4v) is 2.19. The van der Waals surface area contributed by atoms with Gasteiger partial charge in [0.25, 0.3) is 0 Å². The minimum absolute atomic E-state index is 0.724. The average Bonchev–Trinajstić information content (AvgIpc) is 2.64. The monoisotopic (exact) mass is 279 g/mol. The van der Waals surface area contributed by atoms with E-state index < -0.39 is 0 Å². The Bertz CT molecular complexity index is 517. The van der Waals surface area contributed by atoms with Gasteiger partial charge >= 0.3 is 0 Å². The predicted molar refractivity (Wildman–Crippen MR) is 68.5 cm³/mol. The zero-order valence-corrected chi connectivity index (χ0v) is 11.2. The summed E-state index contributed by atoms with van der Waals surface area (Å²) < 4.78 is 2.02. The van der Waals surface area contributed by atoms with Gasteiger partial charge in [-0.25, -0.2) is 0 Å². The molecular formula is C12H14BrN3. The van der Waals surface area contributed by atoms with E-state index in [1.165, 1.54) is 11.1 Å². The molecule has 0 saturated heterocycles. The van der Waals surface area contributed by atoms with Gasteiger partial charge in [0.05, 0.1) is 5.33 Å². The highest BCUT2D eigenvalue weighted by Gasteiger charge is 2.12. The first-order chi connectivity index (χ1) is 7.65. The van der Waals surface area contributed by atoms with Gasteiger partial charge in [0, 0.05) is 12.6 Å². The number of aryl methyl sites for hydroxylation is 1. The lowest BCUT2D eigenvalue weighted by molar-refractivity contribution is 0.858. The number of benzene rings is 1. The molecule has 0 radical (unpaired) electrons. The summed E-state index contributed by atoms with van der Waals surface area (Å²) in [6.07, 6.45) is 0. The third-order valence-electron chi connectivity index (χ3n) is 2.93.